The van der Waals surface area contributed by atoms with Crippen LogP contribution in [0.2, 0.25) is 0 Å². The first-order valence-corrected chi connectivity index (χ1v) is 4.48. The highest BCUT2D eigenvalue weighted by Gasteiger charge is 2.09. The SMILES string of the molecule is O=C(O)Cn1cnc2cccc(O)c2c1=O. The number of carboxylic acid groups (broad SMARTS) is 1. The summed E-state index contributed by atoms with van der Waals surface area (Å²) < 4.78 is 0.935. The van der Waals surface area contributed by atoms with Crippen molar-refractivity contribution in [3.8, 4) is 5.75 Å². The molecule has 0 aliphatic rings. The minimum atomic E-state index is -1.14. The topological polar surface area (TPSA) is 92.4 Å². The molecule has 2 aromatic rings. The number of aromatic hydroxyl groups is 1. The summed E-state index contributed by atoms with van der Waals surface area (Å²) in [5.41, 5.74) is -0.225. The summed E-state index contributed by atoms with van der Waals surface area (Å²) in [5, 5.41) is 18.1. The molecule has 0 aliphatic carbocycles. The maximum atomic E-state index is 11.8. The summed E-state index contributed by atoms with van der Waals surface area (Å²) in [4.78, 5) is 26.2. The highest BCUT2D eigenvalue weighted by atomic mass is 16.4. The second kappa shape index (κ2) is 3.65. The van der Waals surface area contributed by atoms with Gasteiger partial charge in [0.2, 0.25) is 0 Å². The summed E-state index contributed by atoms with van der Waals surface area (Å²) >= 11 is 0. The fraction of sp³-hybridized carbons (Fsp3) is 0.100. The van der Waals surface area contributed by atoms with E-state index in [1.165, 1.54) is 6.07 Å². The molecule has 16 heavy (non-hydrogen) atoms. The zero-order valence-electron chi connectivity index (χ0n) is 8.12. The molecular formula is C10H8N2O4. The second-order valence-electron chi connectivity index (χ2n) is 3.24. The van der Waals surface area contributed by atoms with Gasteiger partial charge in [-0.05, 0) is 12.1 Å². The first-order chi connectivity index (χ1) is 7.59. The smallest absolute Gasteiger partial charge is 0.323 e. The Morgan fingerprint density at radius 3 is 2.88 bits per heavy atom. The van der Waals surface area contributed by atoms with E-state index in [1.807, 2.05) is 0 Å². The molecule has 2 N–H and O–H groups in total. The molecule has 0 fully saturated rings. The van der Waals surface area contributed by atoms with Crippen molar-refractivity contribution in [2.24, 2.45) is 0 Å². The molecule has 2 rings (SSSR count). The number of fused-ring (bicyclic) bond motifs is 1. The third kappa shape index (κ3) is 1.60. The molecule has 1 heterocycles. The van der Waals surface area contributed by atoms with E-state index in [0.29, 0.717) is 5.52 Å². The van der Waals surface area contributed by atoms with Gasteiger partial charge in [-0.1, -0.05) is 6.07 Å². The molecule has 0 radical (unpaired) electrons. The lowest BCUT2D eigenvalue weighted by molar-refractivity contribution is -0.137. The molecule has 0 unspecified atom stereocenters. The summed E-state index contributed by atoms with van der Waals surface area (Å²) in [7, 11) is 0. The predicted octanol–water partition coefficient (Wildman–Crippen LogP) is 0.187. The van der Waals surface area contributed by atoms with Gasteiger partial charge in [0.1, 0.15) is 17.7 Å². The van der Waals surface area contributed by atoms with E-state index in [1.54, 1.807) is 12.1 Å². The molecule has 0 spiro atoms. The van der Waals surface area contributed by atoms with Crippen molar-refractivity contribution in [2.75, 3.05) is 0 Å². The van der Waals surface area contributed by atoms with Gasteiger partial charge in [-0.3, -0.25) is 14.2 Å². The van der Waals surface area contributed by atoms with Gasteiger partial charge >= 0.3 is 5.97 Å². The van der Waals surface area contributed by atoms with E-state index >= 15 is 0 Å². The zero-order valence-corrected chi connectivity index (χ0v) is 8.12. The molecule has 0 atom stereocenters. The Hall–Kier alpha value is -2.37. The van der Waals surface area contributed by atoms with Crippen molar-refractivity contribution in [1.29, 1.82) is 0 Å². The standard InChI is InChI=1S/C10H8N2O4/c13-7-3-1-2-6-9(7)10(16)12(5-11-6)4-8(14)15/h1-3,5,13H,4H2,(H,14,15). The number of aromatic nitrogens is 2. The summed E-state index contributed by atoms with van der Waals surface area (Å²) in [5.74, 6) is -1.34. The molecule has 0 aliphatic heterocycles. The normalized spacial score (nSPS) is 10.5. The number of benzene rings is 1. The summed E-state index contributed by atoms with van der Waals surface area (Å²) in [6, 6.07) is 4.49. The molecule has 0 saturated heterocycles. The number of nitrogens with zero attached hydrogens (tertiary/aromatic N) is 2. The van der Waals surface area contributed by atoms with Crippen molar-refractivity contribution < 1.29 is 15.0 Å². The van der Waals surface area contributed by atoms with E-state index < -0.39 is 18.1 Å². The van der Waals surface area contributed by atoms with Crippen LogP contribution in [0.3, 0.4) is 0 Å². The highest BCUT2D eigenvalue weighted by Crippen LogP contribution is 2.18. The molecule has 6 heteroatoms. The van der Waals surface area contributed by atoms with Gasteiger partial charge in [-0.15, -0.1) is 0 Å². The van der Waals surface area contributed by atoms with Crippen LogP contribution in [-0.2, 0) is 11.3 Å². The van der Waals surface area contributed by atoms with E-state index in [4.69, 9.17) is 5.11 Å². The lowest BCUT2D eigenvalue weighted by atomic mass is 10.2. The van der Waals surface area contributed by atoms with Crippen molar-refractivity contribution in [1.82, 2.24) is 9.55 Å². The fourth-order valence-electron chi connectivity index (χ4n) is 1.44. The third-order valence-electron chi connectivity index (χ3n) is 2.14. The van der Waals surface area contributed by atoms with Crippen molar-refractivity contribution in [3.05, 3.63) is 34.9 Å². The van der Waals surface area contributed by atoms with Gasteiger partial charge in [0.05, 0.1) is 11.8 Å². The number of carbonyl (C=O) groups is 1. The fourth-order valence-corrected chi connectivity index (χ4v) is 1.44. The monoisotopic (exact) mass is 220 g/mol. The summed E-state index contributed by atoms with van der Waals surface area (Å²) in [6.45, 7) is -0.476. The third-order valence-corrected chi connectivity index (χ3v) is 2.14. The van der Waals surface area contributed by atoms with Gasteiger partial charge in [-0.25, -0.2) is 4.98 Å². The molecule has 6 nitrogen and oxygen atoms in total. The number of hydrogen-bond donors (Lipinski definition) is 2. The lowest BCUT2D eigenvalue weighted by Gasteiger charge is -2.04. The minimum absolute atomic E-state index is 0.0336. The molecule has 0 bridgehead atoms. The van der Waals surface area contributed by atoms with Crippen molar-refractivity contribution in [3.63, 3.8) is 0 Å². The van der Waals surface area contributed by atoms with E-state index in [9.17, 15) is 14.7 Å². The molecule has 0 saturated carbocycles. The number of phenolic OH excluding ortho intramolecular Hbond substituents is 1. The summed E-state index contributed by atoms with van der Waals surface area (Å²) in [6.07, 6.45) is 1.15. The van der Waals surface area contributed by atoms with Crippen molar-refractivity contribution in [2.45, 2.75) is 6.54 Å². The Balaban J connectivity index is 2.73. The Kier molecular flexibility index (Phi) is 2.32. The second-order valence-corrected chi connectivity index (χ2v) is 3.24. The maximum absolute atomic E-state index is 11.8. The first kappa shape index (κ1) is 10.2. The van der Waals surface area contributed by atoms with E-state index in [2.05, 4.69) is 4.98 Å². The number of carboxylic acids is 1. The van der Waals surface area contributed by atoms with E-state index in [-0.39, 0.29) is 11.1 Å². The van der Waals surface area contributed by atoms with Crippen molar-refractivity contribution >= 4 is 16.9 Å². The quantitative estimate of drug-likeness (QED) is 0.753. The molecular weight excluding hydrogens is 212 g/mol. The Labute approximate surface area is 89.4 Å². The van der Waals surface area contributed by atoms with Crippen LogP contribution in [0, 0.1) is 0 Å². The van der Waals surface area contributed by atoms with Gasteiger partial charge in [0, 0.05) is 0 Å². The Morgan fingerprint density at radius 2 is 2.19 bits per heavy atom. The average molecular weight is 220 g/mol. The van der Waals surface area contributed by atoms with Crippen LogP contribution in [-0.4, -0.2) is 25.7 Å². The Bertz CT molecular complexity index is 618. The van der Waals surface area contributed by atoms with Crippen LogP contribution in [0.15, 0.2) is 29.3 Å². The number of rotatable bonds is 2. The maximum Gasteiger partial charge on any atom is 0.323 e. The van der Waals surface area contributed by atoms with Gasteiger partial charge < -0.3 is 10.2 Å². The Morgan fingerprint density at radius 1 is 1.44 bits per heavy atom. The van der Waals surface area contributed by atoms with Gasteiger partial charge in [0.15, 0.2) is 0 Å². The lowest BCUT2D eigenvalue weighted by Crippen LogP contribution is -2.24. The van der Waals surface area contributed by atoms with E-state index in [0.717, 1.165) is 10.9 Å². The number of aliphatic carboxylic acids is 1. The van der Waals surface area contributed by atoms with Crippen LogP contribution in [0.1, 0.15) is 0 Å². The number of hydrogen-bond acceptors (Lipinski definition) is 4. The highest BCUT2D eigenvalue weighted by molar-refractivity contribution is 5.83. The molecule has 82 valence electrons. The minimum Gasteiger partial charge on any atom is -0.507 e. The zero-order chi connectivity index (χ0) is 11.7. The van der Waals surface area contributed by atoms with Gasteiger partial charge in [-0.2, -0.15) is 0 Å². The van der Waals surface area contributed by atoms with Crippen LogP contribution in [0.4, 0.5) is 0 Å². The van der Waals surface area contributed by atoms with Crippen LogP contribution >= 0.6 is 0 Å². The first-order valence-electron chi connectivity index (χ1n) is 4.48. The van der Waals surface area contributed by atoms with Gasteiger partial charge in [0.25, 0.3) is 5.56 Å². The predicted molar refractivity (Wildman–Crippen MR) is 55.3 cm³/mol. The molecule has 1 aromatic carbocycles. The molecule has 1 aromatic heterocycles. The number of phenols is 1. The van der Waals surface area contributed by atoms with Crippen LogP contribution in [0.5, 0.6) is 5.75 Å². The largest absolute Gasteiger partial charge is 0.507 e. The molecule has 0 amide bonds. The van der Waals surface area contributed by atoms with Crippen LogP contribution < -0.4 is 5.56 Å². The average Bonchev–Trinajstić information content (AvgIpc) is 2.22. The van der Waals surface area contributed by atoms with Crippen LogP contribution in [0.25, 0.3) is 10.9 Å².